The Morgan fingerprint density at radius 3 is 2.43 bits per heavy atom. The Labute approximate surface area is 127 Å². The zero-order valence-corrected chi connectivity index (χ0v) is 12.6. The molecule has 3 rings (SSSR count). The third kappa shape index (κ3) is 3.73. The Kier molecular flexibility index (Phi) is 4.71. The minimum Gasteiger partial charge on any atom is -0.340 e. The van der Waals surface area contributed by atoms with Crippen LogP contribution in [0.5, 0.6) is 0 Å². The highest BCUT2D eigenvalue weighted by Gasteiger charge is 2.30. The number of nitrogens with zero attached hydrogens (tertiary/aromatic N) is 2. The summed E-state index contributed by atoms with van der Waals surface area (Å²) in [5.41, 5.74) is 1.25. The van der Waals surface area contributed by atoms with Gasteiger partial charge in [-0.2, -0.15) is 0 Å². The summed E-state index contributed by atoms with van der Waals surface area (Å²) < 4.78 is 0. The molecule has 1 saturated carbocycles. The molecule has 1 aromatic rings. The smallest absolute Gasteiger partial charge is 0.225 e. The molecule has 112 valence electrons. The zero-order valence-electron chi connectivity index (χ0n) is 12.6. The minimum absolute atomic E-state index is 0.342. The molecule has 0 unspecified atom stereocenters. The predicted octanol–water partition coefficient (Wildman–Crippen LogP) is 2.64. The van der Waals surface area contributed by atoms with E-state index in [4.69, 9.17) is 0 Å². The van der Waals surface area contributed by atoms with Crippen molar-refractivity contribution in [1.82, 2.24) is 9.80 Å². The Balaban J connectivity index is 1.41. The number of hydrogen-bond donors (Lipinski definition) is 0. The number of hydrogen-bond acceptors (Lipinski definition) is 2. The van der Waals surface area contributed by atoms with Crippen LogP contribution in [0.1, 0.15) is 24.8 Å². The van der Waals surface area contributed by atoms with Gasteiger partial charge in [-0.15, -0.1) is 0 Å². The molecule has 1 amide bonds. The fourth-order valence-electron chi connectivity index (χ4n) is 2.97. The van der Waals surface area contributed by atoms with Crippen LogP contribution in [0, 0.1) is 5.92 Å². The van der Waals surface area contributed by atoms with E-state index in [0.29, 0.717) is 11.8 Å². The van der Waals surface area contributed by atoms with E-state index >= 15 is 0 Å². The van der Waals surface area contributed by atoms with Crippen molar-refractivity contribution in [3.05, 3.63) is 42.0 Å². The minimum atomic E-state index is 0.342. The maximum atomic E-state index is 12.2. The number of carbonyl (C=O) groups excluding carboxylic acids is 1. The molecular formula is C18H24N2O. The van der Waals surface area contributed by atoms with Gasteiger partial charge in [0.2, 0.25) is 5.91 Å². The molecule has 0 spiro atoms. The maximum Gasteiger partial charge on any atom is 0.225 e. The summed E-state index contributed by atoms with van der Waals surface area (Å²) in [4.78, 5) is 16.7. The molecule has 1 aliphatic heterocycles. The molecule has 1 heterocycles. The lowest BCUT2D eigenvalue weighted by Gasteiger charge is -2.37. The molecule has 1 saturated heterocycles. The molecule has 0 aromatic heterocycles. The number of rotatable bonds is 4. The van der Waals surface area contributed by atoms with Crippen LogP contribution in [0.25, 0.3) is 6.08 Å². The van der Waals surface area contributed by atoms with E-state index in [1.165, 1.54) is 12.0 Å². The van der Waals surface area contributed by atoms with E-state index in [1.54, 1.807) is 0 Å². The van der Waals surface area contributed by atoms with Crippen LogP contribution in [0.15, 0.2) is 36.4 Å². The molecule has 2 aliphatic rings. The van der Waals surface area contributed by atoms with Crippen LogP contribution in [-0.4, -0.2) is 48.4 Å². The van der Waals surface area contributed by atoms with Gasteiger partial charge in [0.25, 0.3) is 0 Å². The monoisotopic (exact) mass is 284 g/mol. The normalized spacial score (nSPS) is 20.7. The topological polar surface area (TPSA) is 23.6 Å². The molecule has 21 heavy (non-hydrogen) atoms. The lowest BCUT2D eigenvalue weighted by atomic mass is 9.84. The first-order chi connectivity index (χ1) is 10.3. The highest BCUT2D eigenvalue weighted by molar-refractivity contribution is 5.79. The quantitative estimate of drug-likeness (QED) is 0.848. The summed E-state index contributed by atoms with van der Waals surface area (Å²) in [6, 6.07) is 10.4. The molecule has 0 atom stereocenters. The van der Waals surface area contributed by atoms with Crippen LogP contribution in [0.3, 0.4) is 0 Å². The van der Waals surface area contributed by atoms with Gasteiger partial charge in [0.05, 0.1) is 0 Å². The standard InChI is InChI=1S/C18H24N2O/c21-18(17-9-4-10-17)20-14-12-19(13-15-20)11-5-8-16-6-2-1-3-7-16/h1-3,5-8,17H,4,9-15H2/b8-5-. The van der Waals surface area contributed by atoms with Gasteiger partial charge in [0, 0.05) is 38.6 Å². The van der Waals surface area contributed by atoms with E-state index in [2.05, 4.69) is 46.2 Å². The Hall–Kier alpha value is -1.61. The van der Waals surface area contributed by atoms with Gasteiger partial charge >= 0.3 is 0 Å². The van der Waals surface area contributed by atoms with Gasteiger partial charge in [0.15, 0.2) is 0 Å². The van der Waals surface area contributed by atoms with Crippen LogP contribution < -0.4 is 0 Å². The van der Waals surface area contributed by atoms with E-state index in [-0.39, 0.29) is 0 Å². The van der Waals surface area contributed by atoms with E-state index in [1.807, 2.05) is 6.07 Å². The van der Waals surface area contributed by atoms with Gasteiger partial charge in [-0.1, -0.05) is 48.9 Å². The molecule has 0 N–H and O–H groups in total. The lowest BCUT2D eigenvalue weighted by molar-refractivity contribution is -0.139. The molecule has 3 nitrogen and oxygen atoms in total. The Morgan fingerprint density at radius 1 is 1.10 bits per heavy atom. The SMILES string of the molecule is O=C(C1CCC1)N1CCN(C/C=C\c2ccccc2)CC1. The molecule has 1 aromatic carbocycles. The first kappa shape index (κ1) is 14.3. The van der Waals surface area contributed by atoms with Crippen LogP contribution in [0.4, 0.5) is 0 Å². The zero-order chi connectivity index (χ0) is 14.5. The van der Waals surface area contributed by atoms with Gasteiger partial charge in [-0.25, -0.2) is 0 Å². The molecular weight excluding hydrogens is 260 g/mol. The van der Waals surface area contributed by atoms with Crippen LogP contribution >= 0.6 is 0 Å². The molecule has 0 radical (unpaired) electrons. The first-order valence-corrected chi connectivity index (χ1v) is 8.05. The third-order valence-corrected chi connectivity index (χ3v) is 4.61. The fraction of sp³-hybridized carbons (Fsp3) is 0.500. The molecule has 0 bridgehead atoms. The lowest BCUT2D eigenvalue weighted by Crippen LogP contribution is -2.51. The second-order valence-corrected chi connectivity index (χ2v) is 6.07. The summed E-state index contributed by atoms with van der Waals surface area (Å²) in [7, 11) is 0. The van der Waals surface area contributed by atoms with Crippen molar-refractivity contribution >= 4 is 12.0 Å². The van der Waals surface area contributed by atoms with Gasteiger partial charge in [-0.05, 0) is 18.4 Å². The number of carbonyl (C=O) groups is 1. The van der Waals surface area contributed by atoms with Gasteiger partial charge < -0.3 is 4.90 Å². The summed E-state index contributed by atoms with van der Waals surface area (Å²) in [5.74, 6) is 0.746. The first-order valence-electron chi connectivity index (χ1n) is 8.05. The van der Waals surface area contributed by atoms with Crippen molar-refractivity contribution < 1.29 is 4.79 Å². The van der Waals surface area contributed by atoms with Crippen LogP contribution in [0.2, 0.25) is 0 Å². The number of benzene rings is 1. The summed E-state index contributed by atoms with van der Waals surface area (Å²) >= 11 is 0. The maximum absolute atomic E-state index is 12.2. The summed E-state index contributed by atoms with van der Waals surface area (Å²) in [6.07, 6.45) is 7.85. The van der Waals surface area contributed by atoms with E-state index < -0.39 is 0 Å². The van der Waals surface area contributed by atoms with E-state index in [0.717, 1.165) is 45.6 Å². The van der Waals surface area contributed by atoms with Crippen molar-refractivity contribution in [2.45, 2.75) is 19.3 Å². The molecule has 3 heteroatoms. The predicted molar refractivity (Wildman–Crippen MR) is 85.8 cm³/mol. The van der Waals surface area contributed by atoms with Crippen molar-refractivity contribution in [2.75, 3.05) is 32.7 Å². The Bertz CT molecular complexity index is 485. The highest BCUT2D eigenvalue weighted by atomic mass is 16.2. The average molecular weight is 284 g/mol. The van der Waals surface area contributed by atoms with Crippen molar-refractivity contribution in [3.63, 3.8) is 0 Å². The van der Waals surface area contributed by atoms with Gasteiger partial charge in [0.1, 0.15) is 0 Å². The van der Waals surface area contributed by atoms with Crippen LogP contribution in [-0.2, 0) is 4.79 Å². The van der Waals surface area contributed by atoms with E-state index in [9.17, 15) is 4.79 Å². The average Bonchev–Trinajstić information content (AvgIpc) is 2.47. The van der Waals surface area contributed by atoms with Gasteiger partial charge in [-0.3, -0.25) is 9.69 Å². The summed E-state index contributed by atoms with van der Waals surface area (Å²) in [5, 5.41) is 0. The third-order valence-electron chi connectivity index (χ3n) is 4.61. The highest BCUT2D eigenvalue weighted by Crippen LogP contribution is 2.28. The van der Waals surface area contributed by atoms with Crippen molar-refractivity contribution in [3.8, 4) is 0 Å². The largest absolute Gasteiger partial charge is 0.340 e. The number of piperazine rings is 1. The van der Waals surface area contributed by atoms with Crippen molar-refractivity contribution in [2.24, 2.45) is 5.92 Å². The molecule has 1 aliphatic carbocycles. The molecule has 2 fully saturated rings. The Morgan fingerprint density at radius 2 is 1.81 bits per heavy atom. The number of amides is 1. The fourth-order valence-corrected chi connectivity index (χ4v) is 2.97. The summed E-state index contributed by atoms with van der Waals surface area (Å²) in [6.45, 7) is 4.76. The van der Waals surface area contributed by atoms with Crippen molar-refractivity contribution in [1.29, 1.82) is 0 Å². The second-order valence-electron chi connectivity index (χ2n) is 6.07. The second kappa shape index (κ2) is 6.90.